The molecule has 3 aromatic heterocycles. The molecule has 3 aromatic rings. The standard InChI is InChI=1S/C21H23N5OS/c1-12-8-17(14(3)28-12)19-6-7-22-21(24-19)26-13(2)18(10-23-26)20(27)25-11-15-4-5-16(25)9-15/h6-8,10,15-16H,4-5,9,11H2,1-3H3/t15-,16+/m0/s1. The van der Waals surface area contributed by atoms with E-state index in [1.54, 1.807) is 28.4 Å². The first-order valence-electron chi connectivity index (χ1n) is 9.77. The summed E-state index contributed by atoms with van der Waals surface area (Å²) in [6.45, 7) is 7.01. The van der Waals surface area contributed by atoms with Crippen LogP contribution in [0.1, 0.15) is 45.1 Å². The van der Waals surface area contributed by atoms with E-state index in [9.17, 15) is 4.79 Å². The van der Waals surface area contributed by atoms with Crippen LogP contribution in [-0.4, -0.2) is 43.1 Å². The molecule has 1 saturated carbocycles. The molecule has 0 unspecified atom stereocenters. The number of amides is 1. The molecule has 2 atom stereocenters. The quantitative estimate of drug-likeness (QED) is 0.676. The van der Waals surface area contributed by atoms with E-state index in [1.807, 2.05) is 17.9 Å². The van der Waals surface area contributed by atoms with E-state index in [0.29, 0.717) is 23.5 Å². The Morgan fingerprint density at radius 3 is 2.79 bits per heavy atom. The molecule has 1 saturated heterocycles. The monoisotopic (exact) mass is 393 g/mol. The maximum atomic E-state index is 13.1. The topological polar surface area (TPSA) is 63.9 Å². The minimum Gasteiger partial charge on any atom is -0.335 e. The molecule has 2 bridgehead atoms. The lowest BCUT2D eigenvalue weighted by atomic mass is 10.1. The van der Waals surface area contributed by atoms with E-state index >= 15 is 0 Å². The van der Waals surface area contributed by atoms with Crippen LogP contribution in [0.3, 0.4) is 0 Å². The Hall–Kier alpha value is -2.54. The van der Waals surface area contributed by atoms with Gasteiger partial charge in [-0.1, -0.05) is 0 Å². The van der Waals surface area contributed by atoms with Gasteiger partial charge in [0.1, 0.15) is 0 Å². The molecule has 0 radical (unpaired) electrons. The first-order valence-corrected chi connectivity index (χ1v) is 10.6. The lowest BCUT2D eigenvalue weighted by Gasteiger charge is -2.26. The minimum absolute atomic E-state index is 0.0939. The second-order valence-corrected chi connectivity index (χ2v) is 9.38. The Kier molecular flexibility index (Phi) is 4.08. The predicted octanol–water partition coefficient (Wildman–Crippen LogP) is 3.94. The summed E-state index contributed by atoms with van der Waals surface area (Å²) < 4.78 is 1.68. The van der Waals surface area contributed by atoms with Crippen molar-refractivity contribution in [3.63, 3.8) is 0 Å². The zero-order valence-corrected chi connectivity index (χ0v) is 17.2. The molecule has 1 aliphatic heterocycles. The van der Waals surface area contributed by atoms with Crippen LogP contribution in [0.15, 0.2) is 24.5 Å². The van der Waals surface area contributed by atoms with E-state index in [2.05, 4.69) is 30.0 Å². The molecule has 6 nitrogen and oxygen atoms in total. The second kappa shape index (κ2) is 6.51. The molecule has 2 fully saturated rings. The summed E-state index contributed by atoms with van der Waals surface area (Å²) in [6, 6.07) is 4.48. The number of likely N-dealkylation sites (tertiary alicyclic amines) is 1. The molecule has 4 heterocycles. The number of nitrogens with zero attached hydrogens (tertiary/aromatic N) is 5. The zero-order chi connectivity index (χ0) is 19.4. The third-order valence-corrected chi connectivity index (χ3v) is 7.03. The molecule has 1 amide bonds. The Balaban J connectivity index is 1.47. The van der Waals surface area contributed by atoms with Crippen molar-refractivity contribution in [3.8, 4) is 17.2 Å². The number of hydrogen-bond acceptors (Lipinski definition) is 5. The van der Waals surface area contributed by atoms with Crippen LogP contribution in [0.5, 0.6) is 0 Å². The summed E-state index contributed by atoms with van der Waals surface area (Å²) in [6.07, 6.45) is 6.97. The van der Waals surface area contributed by atoms with Crippen molar-refractivity contribution in [1.82, 2.24) is 24.6 Å². The molecule has 0 N–H and O–H groups in total. The van der Waals surface area contributed by atoms with Crippen molar-refractivity contribution < 1.29 is 4.79 Å². The first kappa shape index (κ1) is 17.6. The second-order valence-electron chi connectivity index (χ2n) is 7.91. The number of aromatic nitrogens is 4. The van der Waals surface area contributed by atoms with Gasteiger partial charge >= 0.3 is 0 Å². The van der Waals surface area contributed by atoms with Gasteiger partial charge in [-0.05, 0) is 58.1 Å². The van der Waals surface area contributed by atoms with Gasteiger partial charge in [0.2, 0.25) is 0 Å². The van der Waals surface area contributed by atoms with Gasteiger partial charge in [-0.3, -0.25) is 4.79 Å². The van der Waals surface area contributed by atoms with Crippen molar-refractivity contribution in [3.05, 3.63) is 45.5 Å². The maximum Gasteiger partial charge on any atom is 0.257 e. The number of fused-ring (bicyclic) bond motifs is 2. The molecular formula is C21H23N5OS. The largest absolute Gasteiger partial charge is 0.335 e. The maximum absolute atomic E-state index is 13.1. The fraction of sp³-hybridized carbons (Fsp3) is 0.429. The third kappa shape index (κ3) is 2.76. The first-order chi connectivity index (χ1) is 13.5. The number of carbonyl (C=O) groups excluding carboxylic acids is 1. The van der Waals surface area contributed by atoms with Crippen LogP contribution in [0, 0.1) is 26.7 Å². The highest BCUT2D eigenvalue weighted by Crippen LogP contribution is 2.38. The van der Waals surface area contributed by atoms with E-state index < -0.39 is 0 Å². The van der Waals surface area contributed by atoms with E-state index in [4.69, 9.17) is 4.98 Å². The van der Waals surface area contributed by atoms with Crippen LogP contribution < -0.4 is 0 Å². The lowest BCUT2D eigenvalue weighted by Crippen LogP contribution is -2.37. The van der Waals surface area contributed by atoms with Gasteiger partial charge in [0.15, 0.2) is 0 Å². The average molecular weight is 394 g/mol. The highest BCUT2D eigenvalue weighted by Gasteiger charge is 2.41. The number of carbonyl (C=O) groups is 1. The Morgan fingerprint density at radius 2 is 2.11 bits per heavy atom. The number of hydrogen-bond donors (Lipinski definition) is 0. The minimum atomic E-state index is 0.0939. The Morgan fingerprint density at radius 1 is 1.25 bits per heavy atom. The van der Waals surface area contributed by atoms with Gasteiger partial charge < -0.3 is 4.90 Å². The highest BCUT2D eigenvalue weighted by molar-refractivity contribution is 7.12. The number of thiophene rings is 1. The van der Waals surface area contributed by atoms with Crippen molar-refractivity contribution in [2.45, 2.75) is 46.1 Å². The van der Waals surface area contributed by atoms with Crippen molar-refractivity contribution in [1.29, 1.82) is 0 Å². The summed E-state index contributed by atoms with van der Waals surface area (Å²) in [4.78, 5) is 26.7. The van der Waals surface area contributed by atoms with Crippen molar-refractivity contribution in [2.75, 3.05) is 6.54 Å². The number of piperidine rings is 1. The molecule has 1 aliphatic carbocycles. The molecule has 7 heteroatoms. The highest BCUT2D eigenvalue weighted by atomic mass is 32.1. The Bertz CT molecular complexity index is 1070. The summed E-state index contributed by atoms with van der Waals surface area (Å²) in [5.74, 6) is 1.28. The van der Waals surface area contributed by atoms with Gasteiger partial charge in [-0.2, -0.15) is 5.10 Å². The van der Waals surface area contributed by atoms with E-state index in [0.717, 1.165) is 36.3 Å². The Labute approximate surface area is 168 Å². The van der Waals surface area contributed by atoms with Gasteiger partial charge in [-0.25, -0.2) is 14.6 Å². The summed E-state index contributed by atoms with van der Waals surface area (Å²) in [7, 11) is 0. The van der Waals surface area contributed by atoms with Crippen LogP contribution in [0.2, 0.25) is 0 Å². The van der Waals surface area contributed by atoms with Gasteiger partial charge in [0.05, 0.1) is 23.1 Å². The fourth-order valence-electron chi connectivity index (χ4n) is 4.63. The van der Waals surface area contributed by atoms with E-state index in [-0.39, 0.29) is 5.91 Å². The predicted molar refractivity (Wildman–Crippen MR) is 109 cm³/mol. The molecule has 0 spiro atoms. The zero-order valence-electron chi connectivity index (χ0n) is 16.3. The van der Waals surface area contributed by atoms with Gasteiger partial charge in [0.25, 0.3) is 11.9 Å². The van der Waals surface area contributed by atoms with Crippen LogP contribution in [0.4, 0.5) is 0 Å². The summed E-state index contributed by atoms with van der Waals surface area (Å²) >= 11 is 1.76. The number of aryl methyl sites for hydroxylation is 2. The molecule has 2 aliphatic rings. The van der Waals surface area contributed by atoms with E-state index in [1.165, 1.54) is 16.2 Å². The van der Waals surface area contributed by atoms with Crippen LogP contribution >= 0.6 is 11.3 Å². The lowest BCUT2D eigenvalue weighted by molar-refractivity contribution is 0.0703. The third-order valence-electron chi connectivity index (χ3n) is 6.06. The molecule has 5 rings (SSSR count). The number of rotatable bonds is 3. The summed E-state index contributed by atoms with van der Waals surface area (Å²) in [5.41, 5.74) is 3.46. The summed E-state index contributed by atoms with van der Waals surface area (Å²) in [5, 5.41) is 4.45. The molecular weight excluding hydrogens is 370 g/mol. The van der Waals surface area contributed by atoms with Crippen LogP contribution in [-0.2, 0) is 0 Å². The van der Waals surface area contributed by atoms with Gasteiger partial charge in [0, 0.05) is 34.1 Å². The van der Waals surface area contributed by atoms with Crippen LogP contribution in [0.25, 0.3) is 17.2 Å². The van der Waals surface area contributed by atoms with Crippen molar-refractivity contribution >= 4 is 17.2 Å². The molecule has 144 valence electrons. The molecule has 28 heavy (non-hydrogen) atoms. The molecule has 0 aromatic carbocycles. The van der Waals surface area contributed by atoms with Crippen molar-refractivity contribution in [2.24, 2.45) is 5.92 Å². The average Bonchev–Trinajstić information content (AvgIpc) is 3.45. The SMILES string of the molecule is Cc1cc(-c2ccnc(-n3ncc(C(=O)N4C[C@H]5CC[C@@H]4C5)c3C)n2)c(C)s1. The normalized spacial score (nSPS) is 20.9. The smallest absolute Gasteiger partial charge is 0.257 e. The fourth-order valence-corrected chi connectivity index (χ4v) is 5.57. The van der Waals surface area contributed by atoms with Gasteiger partial charge in [-0.15, -0.1) is 11.3 Å².